The summed E-state index contributed by atoms with van der Waals surface area (Å²) in [6.07, 6.45) is 3.74. The third kappa shape index (κ3) is 3.85. The van der Waals surface area contributed by atoms with E-state index in [2.05, 4.69) is 65.6 Å². The first-order valence-corrected chi connectivity index (χ1v) is 14.3. The summed E-state index contributed by atoms with van der Waals surface area (Å²) in [7, 11) is 0. The van der Waals surface area contributed by atoms with Gasteiger partial charge in [0.05, 0.1) is 11.2 Å². The van der Waals surface area contributed by atoms with Gasteiger partial charge in [0.1, 0.15) is 17.2 Å². The monoisotopic (exact) mass is 547 g/mol. The molecule has 0 aliphatic heterocycles. The van der Waals surface area contributed by atoms with Crippen molar-refractivity contribution in [3.63, 3.8) is 0 Å². The lowest BCUT2D eigenvalue weighted by Gasteiger charge is -2.17. The first kappa shape index (κ1) is 23.7. The van der Waals surface area contributed by atoms with Crippen LogP contribution in [0, 0.1) is 5.82 Å². The van der Waals surface area contributed by atoms with Gasteiger partial charge in [-0.15, -0.1) is 11.3 Å². The molecule has 0 bridgehead atoms. The van der Waals surface area contributed by atoms with Gasteiger partial charge < -0.3 is 0 Å². The zero-order valence-electron chi connectivity index (χ0n) is 21.8. The number of pyridine rings is 1. The number of thiophene rings is 1. The molecule has 0 N–H and O–H groups in total. The lowest BCUT2D eigenvalue weighted by atomic mass is 9.97. The molecule has 8 aromatic rings. The highest BCUT2D eigenvalue weighted by atomic mass is 32.1. The van der Waals surface area contributed by atoms with Crippen LogP contribution in [0.2, 0.25) is 0 Å². The van der Waals surface area contributed by atoms with Gasteiger partial charge in [-0.1, -0.05) is 91.0 Å². The van der Waals surface area contributed by atoms with E-state index in [-0.39, 0.29) is 5.82 Å². The van der Waals surface area contributed by atoms with Crippen LogP contribution in [0.1, 0.15) is 0 Å². The summed E-state index contributed by atoms with van der Waals surface area (Å²) in [5.41, 5.74) is 7.12. The first-order valence-electron chi connectivity index (χ1n) is 13.4. The minimum atomic E-state index is -0.307. The number of fused-ring (bicyclic) bond motifs is 4. The molecule has 3 heterocycles. The molecule has 5 heteroatoms. The predicted molar refractivity (Wildman–Crippen MR) is 168 cm³/mol. The molecule has 0 saturated carbocycles. The van der Waals surface area contributed by atoms with E-state index >= 15 is 4.39 Å². The summed E-state index contributed by atoms with van der Waals surface area (Å²) >= 11 is 1.71. The average Bonchev–Trinajstić information content (AvgIpc) is 3.61. The summed E-state index contributed by atoms with van der Waals surface area (Å²) in [6.45, 7) is 0. The van der Waals surface area contributed by atoms with Crippen molar-refractivity contribution in [3.05, 3.63) is 140 Å². The summed E-state index contributed by atoms with van der Waals surface area (Å²) in [4.78, 5) is 9.46. The molecule has 3 nitrogen and oxygen atoms in total. The standard InChI is InChI=1S/C36H22FN3S/c37-30-15-8-16-31-34(30)40(36(39-31)28-14-7-13-27-29-22-38-20-19-33(29)41-35(27)28)32-21-25(23-9-3-1-4-10-23)17-18-26(32)24-11-5-2-6-12-24/h1-22H. The Hall–Kier alpha value is -5.13. The lowest BCUT2D eigenvalue weighted by molar-refractivity contribution is 0.635. The second-order valence-corrected chi connectivity index (χ2v) is 11.1. The summed E-state index contributed by atoms with van der Waals surface area (Å²) in [5.74, 6) is 0.399. The van der Waals surface area contributed by atoms with Crippen molar-refractivity contribution in [2.24, 2.45) is 0 Å². The molecule has 3 aromatic heterocycles. The van der Waals surface area contributed by atoms with Gasteiger partial charge in [-0.05, 0) is 47.0 Å². The number of nitrogens with zero attached hydrogens (tertiary/aromatic N) is 3. The third-order valence-electron chi connectivity index (χ3n) is 7.60. The highest BCUT2D eigenvalue weighted by molar-refractivity contribution is 7.26. The van der Waals surface area contributed by atoms with Crippen LogP contribution in [0.5, 0.6) is 0 Å². The number of aromatic nitrogens is 3. The number of rotatable bonds is 4. The molecular formula is C36H22FN3S. The van der Waals surface area contributed by atoms with Gasteiger partial charge in [-0.3, -0.25) is 9.55 Å². The molecule has 194 valence electrons. The SMILES string of the molecule is Fc1cccc2nc(-c3cccc4c3sc3ccncc34)n(-c3cc(-c4ccccc4)ccc3-c3ccccc3)c12. The van der Waals surface area contributed by atoms with E-state index in [4.69, 9.17) is 4.98 Å². The Labute approximate surface area is 239 Å². The second kappa shape index (κ2) is 9.51. The van der Waals surface area contributed by atoms with Gasteiger partial charge in [-0.2, -0.15) is 0 Å². The van der Waals surface area contributed by atoms with Crippen molar-refractivity contribution >= 4 is 42.5 Å². The fourth-order valence-electron chi connectivity index (χ4n) is 5.71. The van der Waals surface area contributed by atoms with E-state index in [1.807, 2.05) is 65.5 Å². The van der Waals surface area contributed by atoms with Crippen LogP contribution < -0.4 is 0 Å². The zero-order valence-corrected chi connectivity index (χ0v) is 22.6. The molecule has 0 radical (unpaired) electrons. The third-order valence-corrected chi connectivity index (χ3v) is 8.82. The second-order valence-electron chi connectivity index (χ2n) is 10.00. The van der Waals surface area contributed by atoms with Crippen molar-refractivity contribution in [3.8, 4) is 39.3 Å². The van der Waals surface area contributed by atoms with E-state index in [1.54, 1.807) is 17.4 Å². The van der Waals surface area contributed by atoms with Gasteiger partial charge in [0.2, 0.25) is 0 Å². The highest BCUT2D eigenvalue weighted by Gasteiger charge is 2.23. The Morgan fingerprint density at radius 1 is 0.634 bits per heavy atom. The smallest absolute Gasteiger partial charge is 0.149 e. The molecule has 0 unspecified atom stereocenters. The molecule has 0 aliphatic rings. The normalized spacial score (nSPS) is 11.5. The Morgan fingerprint density at radius 3 is 2.24 bits per heavy atom. The summed E-state index contributed by atoms with van der Waals surface area (Å²) in [5, 5.41) is 2.23. The average molecular weight is 548 g/mol. The summed E-state index contributed by atoms with van der Waals surface area (Å²) in [6, 6.07) is 40.4. The summed E-state index contributed by atoms with van der Waals surface area (Å²) < 4.78 is 20.1. The number of halogens is 1. The van der Waals surface area contributed by atoms with E-state index in [9.17, 15) is 0 Å². The first-order chi connectivity index (χ1) is 20.3. The lowest BCUT2D eigenvalue weighted by Crippen LogP contribution is -2.02. The molecular weight excluding hydrogens is 525 g/mol. The molecule has 0 amide bonds. The Bertz CT molecular complexity index is 2220. The fraction of sp³-hybridized carbons (Fsp3) is 0. The van der Waals surface area contributed by atoms with Crippen molar-refractivity contribution in [2.45, 2.75) is 0 Å². The van der Waals surface area contributed by atoms with Gasteiger partial charge in [0, 0.05) is 43.7 Å². The van der Waals surface area contributed by atoms with E-state index < -0.39 is 0 Å². The molecule has 0 atom stereocenters. The van der Waals surface area contributed by atoms with Crippen LogP contribution in [0.15, 0.2) is 134 Å². The van der Waals surface area contributed by atoms with Crippen LogP contribution in [0.25, 0.3) is 70.5 Å². The molecule has 41 heavy (non-hydrogen) atoms. The Kier molecular flexibility index (Phi) is 5.50. The van der Waals surface area contributed by atoms with E-state index in [0.717, 1.165) is 53.7 Å². The number of hydrogen-bond acceptors (Lipinski definition) is 3. The molecule has 8 rings (SSSR count). The minimum Gasteiger partial charge on any atom is -0.289 e. The van der Waals surface area contributed by atoms with Gasteiger partial charge >= 0.3 is 0 Å². The number of para-hydroxylation sites is 1. The maximum atomic E-state index is 15.8. The van der Waals surface area contributed by atoms with Gasteiger partial charge in [0.25, 0.3) is 0 Å². The predicted octanol–water partition coefficient (Wildman–Crippen LogP) is 9.93. The molecule has 0 aliphatic carbocycles. The van der Waals surface area contributed by atoms with Gasteiger partial charge in [-0.25, -0.2) is 9.37 Å². The van der Waals surface area contributed by atoms with Crippen molar-refractivity contribution in [1.82, 2.24) is 14.5 Å². The zero-order chi connectivity index (χ0) is 27.3. The number of imidazole rings is 1. The molecule has 5 aromatic carbocycles. The van der Waals surface area contributed by atoms with E-state index in [1.165, 1.54) is 6.07 Å². The highest BCUT2D eigenvalue weighted by Crippen LogP contribution is 2.42. The quantitative estimate of drug-likeness (QED) is 0.219. The van der Waals surface area contributed by atoms with E-state index in [0.29, 0.717) is 16.9 Å². The Balaban J connectivity index is 1.50. The van der Waals surface area contributed by atoms with Crippen LogP contribution in [-0.4, -0.2) is 14.5 Å². The topological polar surface area (TPSA) is 30.7 Å². The largest absolute Gasteiger partial charge is 0.289 e. The van der Waals surface area contributed by atoms with Crippen LogP contribution >= 0.6 is 11.3 Å². The van der Waals surface area contributed by atoms with Gasteiger partial charge in [0.15, 0.2) is 0 Å². The Morgan fingerprint density at radius 2 is 1.41 bits per heavy atom. The molecule has 0 fully saturated rings. The minimum absolute atomic E-state index is 0.307. The number of benzene rings is 5. The molecule has 0 spiro atoms. The maximum absolute atomic E-state index is 15.8. The van der Waals surface area contributed by atoms with Crippen LogP contribution in [0.4, 0.5) is 4.39 Å². The van der Waals surface area contributed by atoms with Crippen molar-refractivity contribution < 1.29 is 4.39 Å². The van der Waals surface area contributed by atoms with Crippen molar-refractivity contribution in [1.29, 1.82) is 0 Å². The fourth-order valence-corrected chi connectivity index (χ4v) is 6.89. The van der Waals surface area contributed by atoms with Crippen LogP contribution in [-0.2, 0) is 0 Å². The van der Waals surface area contributed by atoms with Crippen LogP contribution in [0.3, 0.4) is 0 Å². The van der Waals surface area contributed by atoms with Crippen molar-refractivity contribution in [2.75, 3.05) is 0 Å². The number of hydrogen-bond donors (Lipinski definition) is 0. The molecule has 0 saturated heterocycles. The maximum Gasteiger partial charge on any atom is 0.149 e.